The molecule has 2 nitrogen and oxygen atoms in total. The zero-order valence-electron chi connectivity index (χ0n) is 10.8. The zero-order chi connectivity index (χ0) is 13.2. The van der Waals surface area contributed by atoms with E-state index in [4.69, 9.17) is 0 Å². The van der Waals surface area contributed by atoms with Crippen LogP contribution in [0, 0.1) is 6.92 Å². The van der Waals surface area contributed by atoms with E-state index in [1.54, 1.807) is 0 Å². The van der Waals surface area contributed by atoms with Crippen LogP contribution < -0.4 is 5.32 Å². The van der Waals surface area contributed by atoms with Crippen LogP contribution in [0.15, 0.2) is 22.7 Å². The first kappa shape index (κ1) is 13.9. The van der Waals surface area contributed by atoms with Gasteiger partial charge in [0.2, 0.25) is 0 Å². The molecule has 2 rings (SSSR count). The number of nitrogens with one attached hydrogen (secondary N) is 1. The summed E-state index contributed by atoms with van der Waals surface area (Å²) in [6.07, 6.45) is 2.44. The second-order valence-electron chi connectivity index (χ2n) is 5.02. The molecule has 4 heteroatoms. The maximum absolute atomic E-state index is 12.2. The lowest BCUT2D eigenvalue weighted by molar-refractivity contribution is 0.0949. The molecule has 1 aromatic carbocycles. The standard InChI is InChI=1S/C14H18BrNOS/c1-10-5-3-6-11(12(10)15)13(17)16-9-14(2)7-4-8-18-14/h3,5-6H,4,7-9H2,1-2H3,(H,16,17). The van der Waals surface area contributed by atoms with Gasteiger partial charge < -0.3 is 5.32 Å². The summed E-state index contributed by atoms with van der Waals surface area (Å²) in [4.78, 5) is 12.2. The van der Waals surface area contributed by atoms with Crippen LogP contribution in [-0.4, -0.2) is 23.0 Å². The molecule has 1 aliphatic heterocycles. The molecule has 1 atom stereocenters. The quantitative estimate of drug-likeness (QED) is 0.915. The van der Waals surface area contributed by atoms with E-state index in [0.717, 1.165) is 22.1 Å². The van der Waals surface area contributed by atoms with Gasteiger partial charge >= 0.3 is 0 Å². The van der Waals surface area contributed by atoms with E-state index in [9.17, 15) is 4.79 Å². The van der Waals surface area contributed by atoms with Crippen molar-refractivity contribution in [3.63, 3.8) is 0 Å². The molecule has 1 aromatic rings. The van der Waals surface area contributed by atoms with Crippen molar-refractivity contribution in [3.8, 4) is 0 Å². The molecular weight excluding hydrogens is 310 g/mol. The number of thioether (sulfide) groups is 1. The molecule has 0 spiro atoms. The highest BCUT2D eigenvalue weighted by atomic mass is 79.9. The maximum atomic E-state index is 12.2. The largest absolute Gasteiger partial charge is 0.351 e. The highest BCUT2D eigenvalue weighted by molar-refractivity contribution is 9.10. The van der Waals surface area contributed by atoms with Crippen LogP contribution in [-0.2, 0) is 0 Å². The Balaban J connectivity index is 2.01. The van der Waals surface area contributed by atoms with Crippen molar-refractivity contribution >= 4 is 33.6 Å². The highest BCUT2D eigenvalue weighted by Crippen LogP contribution is 2.37. The van der Waals surface area contributed by atoms with Gasteiger partial charge in [-0.15, -0.1) is 0 Å². The number of amides is 1. The minimum Gasteiger partial charge on any atom is -0.351 e. The van der Waals surface area contributed by atoms with Gasteiger partial charge in [-0.25, -0.2) is 0 Å². The Morgan fingerprint density at radius 3 is 3.00 bits per heavy atom. The molecule has 18 heavy (non-hydrogen) atoms. The fraction of sp³-hybridized carbons (Fsp3) is 0.500. The van der Waals surface area contributed by atoms with Crippen molar-refractivity contribution in [2.45, 2.75) is 31.4 Å². The SMILES string of the molecule is Cc1cccc(C(=O)NCC2(C)CCCS2)c1Br. The predicted molar refractivity (Wildman–Crippen MR) is 81.3 cm³/mol. The van der Waals surface area contributed by atoms with E-state index in [1.807, 2.05) is 36.9 Å². The van der Waals surface area contributed by atoms with E-state index in [1.165, 1.54) is 18.6 Å². The van der Waals surface area contributed by atoms with Crippen molar-refractivity contribution in [2.24, 2.45) is 0 Å². The number of halogens is 1. The first-order valence-electron chi connectivity index (χ1n) is 6.19. The Bertz CT molecular complexity index is 455. The Hall–Kier alpha value is -0.480. The molecule has 1 N–H and O–H groups in total. The topological polar surface area (TPSA) is 29.1 Å². The van der Waals surface area contributed by atoms with Crippen molar-refractivity contribution < 1.29 is 4.79 Å². The lowest BCUT2D eigenvalue weighted by Crippen LogP contribution is -2.36. The van der Waals surface area contributed by atoms with Gasteiger partial charge in [0, 0.05) is 15.8 Å². The average molecular weight is 328 g/mol. The summed E-state index contributed by atoms with van der Waals surface area (Å²) in [5.74, 6) is 1.22. The number of rotatable bonds is 3. The molecule has 0 aliphatic carbocycles. The molecule has 1 fully saturated rings. The molecular formula is C14H18BrNOS. The van der Waals surface area contributed by atoms with Gasteiger partial charge in [0.15, 0.2) is 0 Å². The van der Waals surface area contributed by atoms with Gasteiger partial charge in [0.1, 0.15) is 0 Å². The Kier molecular flexibility index (Phi) is 4.38. The van der Waals surface area contributed by atoms with Crippen LogP contribution in [0.4, 0.5) is 0 Å². The smallest absolute Gasteiger partial charge is 0.252 e. The fourth-order valence-electron chi connectivity index (χ4n) is 2.16. The molecule has 1 unspecified atom stereocenters. The molecule has 1 saturated heterocycles. The third-order valence-electron chi connectivity index (χ3n) is 3.36. The number of aryl methyl sites for hydroxylation is 1. The average Bonchev–Trinajstić information content (AvgIpc) is 2.77. The zero-order valence-corrected chi connectivity index (χ0v) is 13.2. The third kappa shape index (κ3) is 3.09. The molecule has 1 amide bonds. The van der Waals surface area contributed by atoms with Gasteiger partial charge in [-0.05, 0) is 60.0 Å². The predicted octanol–water partition coefficient (Wildman–Crippen LogP) is 3.77. The second-order valence-corrected chi connectivity index (χ2v) is 7.50. The minimum absolute atomic E-state index is 0.0132. The van der Waals surface area contributed by atoms with Gasteiger partial charge in [0.25, 0.3) is 5.91 Å². The lowest BCUT2D eigenvalue weighted by Gasteiger charge is -2.23. The summed E-state index contributed by atoms with van der Waals surface area (Å²) >= 11 is 5.44. The van der Waals surface area contributed by atoms with E-state index in [0.29, 0.717) is 0 Å². The van der Waals surface area contributed by atoms with Crippen molar-refractivity contribution in [2.75, 3.05) is 12.3 Å². The lowest BCUT2D eigenvalue weighted by atomic mass is 10.1. The van der Waals surface area contributed by atoms with Gasteiger partial charge in [0.05, 0.1) is 5.56 Å². The number of carbonyl (C=O) groups excluding carboxylic acids is 1. The fourth-order valence-corrected chi connectivity index (χ4v) is 3.85. The van der Waals surface area contributed by atoms with E-state index in [-0.39, 0.29) is 10.7 Å². The molecule has 1 aliphatic rings. The van der Waals surface area contributed by atoms with Crippen molar-refractivity contribution in [1.82, 2.24) is 5.32 Å². The molecule has 0 bridgehead atoms. The summed E-state index contributed by atoms with van der Waals surface area (Å²) in [6.45, 7) is 4.97. The highest BCUT2D eigenvalue weighted by Gasteiger charge is 2.29. The van der Waals surface area contributed by atoms with Crippen molar-refractivity contribution in [3.05, 3.63) is 33.8 Å². The number of carbonyl (C=O) groups is 1. The summed E-state index contributed by atoms with van der Waals surface area (Å²) in [5, 5.41) is 3.06. The van der Waals surface area contributed by atoms with Gasteiger partial charge in [-0.1, -0.05) is 12.1 Å². The number of hydrogen-bond acceptors (Lipinski definition) is 2. The van der Waals surface area contributed by atoms with Crippen LogP contribution in [0.1, 0.15) is 35.7 Å². The maximum Gasteiger partial charge on any atom is 0.252 e. The summed E-state index contributed by atoms with van der Waals surface area (Å²) in [6, 6.07) is 5.77. The summed E-state index contributed by atoms with van der Waals surface area (Å²) in [5.41, 5.74) is 1.81. The molecule has 1 heterocycles. The van der Waals surface area contributed by atoms with E-state index in [2.05, 4.69) is 28.2 Å². The van der Waals surface area contributed by atoms with Crippen LogP contribution in [0.25, 0.3) is 0 Å². The third-order valence-corrected chi connectivity index (χ3v) is 5.95. The van der Waals surface area contributed by atoms with Crippen LogP contribution in [0.5, 0.6) is 0 Å². The second kappa shape index (κ2) is 5.66. The van der Waals surface area contributed by atoms with E-state index < -0.39 is 0 Å². The minimum atomic E-state index is 0.0132. The Morgan fingerprint density at radius 2 is 2.33 bits per heavy atom. The molecule has 98 valence electrons. The number of benzene rings is 1. The summed E-state index contributed by atoms with van der Waals surface area (Å²) < 4.78 is 1.11. The van der Waals surface area contributed by atoms with E-state index >= 15 is 0 Å². The normalized spacial score (nSPS) is 23.1. The number of hydrogen-bond donors (Lipinski definition) is 1. The van der Waals surface area contributed by atoms with Gasteiger partial charge in [-0.2, -0.15) is 11.8 Å². The Morgan fingerprint density at radius 1 is 1.56 bits per heavy atom. The van der Waals surface area contributed by atoms with Crippen LogP contribution in [0.2, 0.25) is 0 Å². The van der Waals surface area contributed by atoms with Crippen LogP contribution >= 0.6 is 27.7 Å². The molecule has 0 aromatic heterocycles. The van der Waals surface area contributed by atoms with Crippen LogP contribution in [0.3, 0.4) is 0 Å². The first-order valence-corrected chi connectivity index (χ1v) is 7.97. The van der Waals surface area contributed by atoms with Gasteiger partial charge in [-0.3, -0.25) is 4.79 Å². The molecule has 0 radical (unpaired) electrons. The summed E-state index contributed by atoms with van der Waals surface area (Å²) in [7, 11) is 0. The first-order chi connectivity index (χ1) is 8.52. The van der Waals surface area contributed by atoms with Crippen molar-refractivity contribution in [1.29, 1.82) is 0 Å². The molecule has 0 saturated carbocycles. The Labute approximate surface area is 121 Å². The monoisotopic (exact) mass is 327 g/mol.